The van der Waals surface area contributed by atoms with E-state index in [0.29, 0.717) is 5.75 Å². The Labute approximate surface area is 155 Å². The topological polar surface area (TPSA) is 47.6 Å². The molecule has 1 unspecified atom stereocenters. The van der Waals surface area contributed by atoms with Crippen LogP contribution in [0.5, 0.6) is 11.5 Å². The quantitative estimate of drug-likeness (QED) is 0.740. The number of hydrogen-bond acceptors (Lipinski definition) is 3. The van der Waals surface area contributed by atoms with Crippen molar-refractivity contribution in [1.29, 1.82) is 0 Å². The third-order valence-corrected chi connectivity index (χ3v) is 5.47. The second-order valence-corrected chi connectivity index (χ2v) is 7.40. The van der Waals surface area contributed by atoms with Gasteiger partial charge in [0.25, 0.3) is 0 Å². The summed E-state index contributed by atoms with van der Waals surface area (Å²) in [6.07, 6.45) is 0. The van der Waals surface area contributed by atoms with Crippen molar-refractivity contribution in [2.75, 3.05) is 6.79 Å². The molecule has 0 aliphatic carbocycles. The second kappa shape index (κ2) is 7.32. The molecule has 1 aliphatic rings. The zero-order valence-electron chi connectivity index (χ0n) is 14.3. The van der Waals surface area contributed by atoms with Gasteiger partial charge in [-0.05, 0) is 42.3 Å². The average Bonchev–Trinajstić information content (AvgIpc) is 3.15. The van der Waals surface area contributed by atoms with Gasteiger partial charge in [0.15, 0.2) is 11.5 Å². The lowest BCUT2D eigenvalue weighted by Crippen LogP contribution is -2.24. The zero-order chi connectivity index (χ0) is 17.9. The molecule has 1 heterocycles. The molecule has 0 saturated carbocycles. The van der Waals surface area contributed by atoms with Gasteiger partial charge in [-0.1, -0.05) is 54.1 Å². The van der Waals surface area contributed by atoms with Gasteiger partial charge in [0.2, 0.25) is 6.79 Å². The second-order valence-electron chi connectivity index (χ2n) is 6.16. The Morgan fingerprint density at radius 3 is 2.38 bits per heavy atom. The Morgan fingerprint density at radius 1 is 0.885 bits per heavy atom. The molecule has 0 fully saturated rings. The smallest absolute Gasteiger partial charge is 0.231 e. The first kappa shape index (κ1) is 16.8. The molecule has 3 aromatic rings. The third kappa shape index (κ3) is 3.49. The summed E-state index contributed by atoms with van der Waals surface area (Å²) >= 11 is 0. The van der Waals surface area contributed by atoms with Gasteiger partial charge < -0.3 is 9.47 Å². The molecule has 4 nitrogen and oxygen atoms in total. The zero-order valence-corrected chi connectivity index (χ0v) is 15.2. The van der Waals surface area contributed by atoms with E-state index in [2.05, 4.69) is 4.72 Å². The number of rotatable bonds is 5. The minimum absolute atomic E-state index is 0.229. The monoisotopic (exact) mass is 365 g/mol. The highest BCUT2D eigenvalue weighted by atomic mass is 32.2. The molecule has 0 amide bonds. The van der Waals surface area contributed by atoms with Gasteiger partial charge in [0.1, 0.15) is 11.0 Å². The predicted molar refractivity (Wildman–Crippen MR) is 102 cm³/mol. The van der Waals surface area contributed by atoms with Crippen molar-refractivity contribution in [3.63, 3.8) is 0 Å². The van der Waals surface area contributed by atoms with E-state index in [4.69, 9.17) is 9.47 Å². The summed E-state index contributed by atoms with van der Waals surface area (Å²) in [5, 5.41) is 0. The van der Waals surface area contributed by atoms with Crippen LogP contribution in [-0.2, 0) is 11.0 Å². The molecule has 0 saturated heterocycles. The third-order valence-electron chi connectivity index (χ3n) is 4.32. The molecular weight excluding hydrogens is 346 g/mol. The normalized spacial score (nSPS) is 14.8. The van der Waals surface area contributed by atoms with Crippen molar-refractivity contribution in [2.24, 2.45) is 0 Å². The van der Waals surface area contributed by atoms with Gasteiger partial charge in [0.05, 0.1) is 10.9 Å². The summed E-state index contributed by atoms with van der Waals surface area (Å²) in [4.78, 5) is 0.747. The molecule has 5 heteroatoms. The van der Waals surface area contributed by atoms with E-state index < -0.39 is 11.0 Å². The largest absolute Gasteiger partial charge is 0.454 e. The van der Waals surface area contributed by atoms with E-state index in [1.165, 1.54) is 0 Å². The Morgan fingerprint density at radius 2 is 1.62 bits per heavy atom. The number of hydrogen-bond donors (Lipinski definition) is 1. The molecule has 0 aromatic heterocycles. The summed E-state index contributed by atoms with van der Waals surface area (Å²) in [5.41, 5.74) is 3.15. The van der Waals surface area contributed by atoms with E-state index in [-0.39, 0.29) is 12.8 Å². The first-order valence-corrected chi connectivity index (χ1v) is 9.55. The fourth-order valence-corrected chi connectivity index (χ4v) is 3.91. The molecule has 0 radical (unpaired) electrons. The fourth-order valence-electron chi connectivity index (χ4n) is 2.90. The van der Waals surface area contributed by atoms with Gasteiger partial charge >= 0.3 is 0 Å². The molecular formula is C21H19NO3S. The summed E-state index contributed by atoms with van der Waals surface area (Å²) in [6.45, 7) is 2.25. The van der Waals surface area contributed by atoms with Crippen LogP contribution < -0.4 is 14.2 Å². The minimum atomic E-state index is -1.34. The lowest BCUT2D eigenvalue weighted by molar-refractivity contribution is 0.174. The van der Waals surface area contributed by atoms with E-state index in [0.717, 1.165) is 27.3 Å². The number of fused-ring (bicyclic) bond motifs is 1. The van der Waals surface area contributed by atoms with Crippen LogP contribution in [0, 0.1) is 6.92 Å². The SMILES string of the molecule is Cc1ccc(S(=O)N[C@@H](c2ccccc2)c2ccc3c(c2)OCO3)cc1. The lowest BCUT2D eigenvalue weighted by Gasteiger charge is -2.19. The molecule has 132 valence electrons. The van der Waals surface area contributed by atoms with Crippen LogP contribution in [0.3, 0.4) is 0 Å². The molecule has 2 atom stereocenters. The lowest BCUT2D eigenvalue weighted by atomic mass is 9.99. The summed E-state index contributed by atoms with van der Waals surface area (Å²) in [7, 11) is -1.34. The molecule has 0 bridgehead atoms. The maximum atomic E-state index is 12.9. The van der Waals surface area contributed by atoms with Crippen LogP contribution in [0.4, 0.5) is 0 Å². The highest BCUT2D eigenvalue weighted by molar-refractivity contribution is 7.83. The summed E-state index contributed by atoms with van der Waals surface area (Å²) in [5.74, 6) is 1.45. The molecule has 1 N–H and O–H groups in total. The van der Waals surface area contributed by atoms with Gasteiger partial charge in [-0.3, -0.25) is 0 Å². The fraction of sp³-hybridized carbons (Fsp3) is 0.143. The van der Waals surface area contributed by atoms with Crippen LogP contribution in [0.15, 0.2) is 77.7 Å². The van der Waals surface area contributed by atoms with Crippen molar-refractivity contribution in [3.05, 3.63) is 89.5 Å². The Kier molecular flexibility index (Phi) is 4.73. The Balaban J connectivity index is 1.67. The Hall–Kier alpha value is -2.63. The van der Waals surface area contributed by atoms with Crippen LogP contribution >= 0.6 is 0 Å². The van der Waals surface area contributed by atoms with E-state index >= 15 is 0 Å². The maximum Gasteiger partial charge on any atom is 0.231 e. The van der Waals surface area contributed by atoms with Crippen molar-refractivity contribution in [3.8, 4) is 11.5 Å². The number of aryl methyl sites for hydroxylation is 1. The number of ether oxygens (including phenoxy) is 2. The van der Waals surface area contributed by atoms with E-state index in [1.54, 1.807) is 0 Å². The van der Waals surface area contributed by atoms with Gasteiger partial charge in [-0.25, -0.2) is 8.93 Å². The number of benzene rings is 3. The minimum Gasteiger partial charge on any atom is -0.454 e. The standard InChI is InChI=1S/C21H19NO3S/c1-15-7-10-18(11-8-15)26(23)22-21(16-5-3-2-4-6-16)17-9-12-19-20(13-17)25-14-24-19/h2-13,21-22H,14H2,1H3/t21-,26?/m0/s1. The van der Waals surface area contributed by atoms with Gasteiger partial charge in [-0.2, -0.15) is 0 Å². The van der Waals surface area contributed by atoms with Crippen molar-refractivity contribution >= 4 is 11.0 Å². The van der Waals surface area contributed by atoms with Gasteiger partial charge in [-0.15, -0.1) is 0 Å². The van der Waals surface area contributed by atoms with Crippen LogP contribution in [0.1, 0.15) is 22.7 Å². The van der Waals surface area contributed by atoms with Crippen LogP contribution in [0.25, 0.3) is 0 Å². The van der Waals surface area contributed by atoms with Gasteiger partial charge in [0, 0.05) is 0 Å². The maximum absolute atomic E-state index is 12.9. The highest BCUT2D eigenvalue weighted by Gasteiger charge is 2.21. The summed E-state index contributed by atoms with van der Waals surface area (Å²) in [6, 6.07) is 23.3. The van der Waals surface area contributed by atoms with Crippen molar-refractivity contribution in [2.45, 2.75) is 17.9 Å². The Bertz CT molecular complexity index is 926. The molecule has 3 aromatic carbocycles. The van der Waals surface area contributed by atoms with E-state index in [9.17, 15) is 4.21 Å². The van der Waals surface area contributed by atoms with E-state index in [1.807, 2.05) is 79.7 Å². The molecule has 1 aliphatic heterocycles. The molecule has 26 heavy (non-hydrogen) atoms. The predicted octanol–water partition coefficient (Wildman–Crippen LogP) is 4.13. The van der Waals surface area contributed by atoms with Crippen LogP contribution in [-0.4, -0.2) is 11.0 Å². The molecule has 0 spiro atoms. The summed E-state index contributed by atoms with van der Waals surface area (Å²) < 4.78 is 27.0. The van der Waals surface area contributed by atoms with Crippen molar-refractivity contribution in [1.82, 2.24) is 4.72 Å². The first-order valence-electron chi connectivity index (χ1n) is 8.40. The van der Waals surface area contributed by atoms with Crippen LogP contribution in [0.2, 0.25) is 0 Å². The van der Waals surface area contributed by atoms with Crippen molar-refractivity contribution < 1.29 is 13.7 Å². The first-order chi connectivity index (χ1) is 12.7. The number of nitrogens with one attached hydrogen (secondary N) is 1. The highest BCUT2D eigenvalue weighted by Crippen LogP contribution is 2.36. The average molecular weight is 365 g/mol. The molecule has 4 rings (SSSR count).